The van der Waals surface area contributed by atoms with Gasteiger partial charge >= 0.3 is 5.97 Å². The minimum absolute atomic E-state index is 0.172. The Morgan fingerprint density at radius 2 is 1.50 bits per heavy atom. The molecule has 0 saturated carbocycles. The lowest BCUT2D eigenvalue weighted by molar-refractivity contribution is -0.119. The van der Waals surface area contributed by atoms with Crippen molar-refractivity contribution in [1.29, 1.82) is 0 Å². The van der Waals surface area contributed by atoms with E-state index in [0.717, 1.165) is 0 Å². The van der Waals surface area contributed by atoms with Crippen molar-refractivity contribution in [3.05, 3.63) is 109 Å². The number of hydrogen-bond acceptors (Lipinski definition) is 6. The summed E-state index contributed by atoms with van der Waals surface area (Å²) in [5.41, 5.74) is 1.16. The first-order valence-electron chi connectivity index (χ1n) is 10.3. The fraction of sp³-hybridized carbons (Fsp3) is 0.0385. The van der Waals surface area contributed by atoms with Crippen molar-refractivity contribution < 1.29 is 28.3 Å². The summed E-state index contributed by atoms with van der Waals surface area (Å²) in [5.74, 6) is -0.341. The van der Waals surface area contributed by atoms with E-state index in [1.807, 2.05) is 18.2 Å². The number of rotatable bonds is 8. The molecule has 2 amide bonds. The van der Waals surface area contributed by atoms with Crippen LogP contribution in [0.4, 0.5) is 11.4 Å². The molecule has 8 heteroatoms. The Kier molecular flexibility index (Phi) is 7.00. The molecule has 0 unspecified atom stereocenters. The van der Waals surface area contributed by atoms with E-state index < -0.39 is 24.4 Å². The fourth-order valence-corrected chi connectivity index (χ4v) is 2.97. The van der Waals surface area contributed by atoms with Crippen molar-refractivity contribution in [2.45, 2.75) is 0 Å². The summed E-state index contributed by atoms with van der Waals surface area (Å²) in [4.78, 5) is 36.6. The molecule has 0 aliphatic rings. The number of carbonyl (C=O) groups is 3. The van der Waals surface area contributed by atoms with E-state index in [1.165, 1.54) is 24.5 Å². The van der Waals surface area contributed by atoms with E-state index in [9.17, 15) is 14.4 Å². The standard InChI is InChI=1S/C26H20N2O6/c29-24(28-21-9-4-5-10-22(21)34-20-7-2-1-3-8-20)17-33-26(31)18-12-14-19(15-13-18)27-25(30)23-11-6-16-32-23/h1-16H,17H2,(H,27,30)(H,28,29). The Hall–Kier alpha value is -4.85. The lowest BCUT2D eigenvalue weighted by atomic mass is 10.2. The number of nitrogens with one attached hydrogen (secondary N) is 2. The van der Waals surface area contributed by atoms with Gasteiger partial charge in [-0.15, -0.1) is 0 Å². The molecule has 2 N–H and O–H groups in total. The van der Waals surface area contributed by atoms with Crippen molar-refractivity contribution in [3.63, 3.8) is 0 Å². The molecule has 170 valence electrons. The Morgan fingerprint density at radius 1 is 0.765 bits per heavy atom. The number of esters is 1. The average Bonchev–Trinajstić information content (AvgIpc) is 3.40. The van der Waals surface area contributed by atoms with E-state index in [2.05, 4.69) is 10.6 Å². The second-order valence-electron chi connectivity index (χ2n) is 7.04. The molecule has 1 aromatic heterocycles. The molecule has 0 spiro atoms. The Bertz CT molecular complexity index is 1270. The molecule has 0 atom stereocenters. The van der Waals surface area contributed by atoms with E-state index in [1.54, 1.807) is 54.6 Å². The summed E-state index contributed by atoms with van der Waals surface area (Å²) in [6.45, 7) is -0.477. The predicted molar refractivity (Wildman–Crippen MR) is 125 cm³/mol. The van der Waals surface area contributed by atoms with Gasteiger partial charge < -0.3 is 24.5 Å². The molecule has 1 heterocycles. The smallest absolute Gasteiger partial charge is 0.338 e. The normalized spacial score (nSPS) is 10.2. The lowest BCUT2D eigenvalue weighted by Gasteiger charge is -2.12. The van der Waals surface area contributed by atoms with Crippen molar-refractivity contribution >= 4 is 29.2 Å². The van der Waals surface area contributed by atoms with Crippen LogP contribution in [-0.4, -0.2) is 24.4 Å². The Labute approximate surface area is 195 Å². The second kappa shape index (κ2) is 10.6. The van der Waals surface area contributed by atoms with Gasteiger partial charge in [-0.2, -0.15) is 0 Å². The predicted octanol–water partition coefficient (Wildman–Crippen LogP) is 5.12. The third-order valence-electron chi connectivity index (χ3n) is 4.59. The number of carbonyl (C=O) groups excluding carboxylic acids is 3. The highest BCUT2D eigenvalue weighted by Gasteiger charge is 2.14. The Balaban J connectivity index is 1.29. The number of para-hydroxylation sites is 3. The van der Waals surface area contributed by atoms with Crippen LogP contribution in [0.1, 0.15) is 20.9 Å². The zero-order valence-corrected chi connectivity index (χ0v) is 17.9. The van der Waals surface area contributed by atoms with Crippen LogP contribution >= 0.6 is 0 Å². The molecule has 4 rings (SSSR count). The van der Waals surface area contributed by atoms with Gasteiger partial charge in [-0.05, 0) is 60.7 Å². The van der Waals surface area contributed by atoms with Crippen LogP contribution < -0.4 is 15.4 Å². The molecule has 0 aliphatic heterocycles. The molecule has 3 aromatic carbocycles. The number of hydrogen-bond donors (Lipinski definition) is 2. The monoisotopic (exact) mass is 456 g/mol. The first-order chi connectivity index (χ1) is 16.6. The number of ether oxygens (including phenoxy) is 2. The average molecular weight is 456 g/mol. The van der Waals surface area contributed by atoms with Gasteiger partial charge in [-0.25, -0.2) is 4.79 Å². The van der Waals surface area contributed by atoms with Crippen molar-refractivity contribution in [2.24, 2.45) is 0 Å². The summed E-state index contributed by atoms with van der Waals surface area (Å²) in [5, 5.41) is 5.33. The first-order valence-corrected chi connectivity index (χ1v) is 10.3. The molecule has 34 heavy (non-hydrogen) atoms. The fourth-order valence-electron chi connectivity index (χ4n) is 2.97. The number of benzene rings is 3. The van der Waals surface area contributed by atoms with Gasteiger partial charge in [0.25, 0.3) is 11.8 Å². The van der Waals surface area contributed by atoms with Crippen LogP contribution in [0.5, 0.6) is 11.5 Å². The summed E-state index contributed by atoms with van der Waals surface area (Å²) >= 11 is 0. The zero-order chi connectivity index (χ0) is 23.8. The maximum atomic E-state index is 12.3. The largest absolute Gasteiger partial charge is 0.459 e. The van der Waals surface area contributed by atoms with Gasteiger partial charge in [-0.3, -0.25) is 9.59 Å². The van der Waals surface area contributed by atoms with Gasteiger partial charge in [0.15, 0.2) is 18.1 Å². The van der Waals surface area contributed by atoms with Crippen LogP contribution in [-0.2, 0) is 9.53 Å². The zero-order valence-electron chi connectivity index (χ0n) is 17.9. The van der Waals surface area contributed by atoms with Crippen LogP contribution in [0.15, 0.2) is 102 Å². The number of anilines is 2. The minimum atomic E-state index is -0.673. The van der Waals surface area contributed by atoms with Gasteiger partial charge in [0.2, 0.25) is 0 Å². The molecule has 4 aromatic rings. The first kappa shape index (κ1) is 22.3. The van der Waals surface area contributed by atoms with Crippen LogP contribution in [0, 0.1) is 0 Å². The highest BCUT2D eigenvalue weighted by Crippen LogP contribution is 2.29. The quantitative estimate of drug-likeness (QED) is 0.357. The third kappa shape index (κ3) is 5.89. The molecule has 0 saturated heterocycles. The summed E-state index contributed by atoms with van der Waals surface area (Å²) < 4.78 is 15.9. The van der Waals surface area contributed by atoms with Crippen molar-refractivity contribution in [2.75, 3.05) is 17.2 Å². The molecular formula is C26H20N2O6. The summed E-state index contributed by atoms with van der Waals surface area (Å²) in [7, 11) is 0. The van der Waals surface area contributed by atoms with E-state index >= 15 is 0 Å². The molecule has 8 nitrogen and oxygen atoms in total. The van der Waals surface area contributed by atoms with Crippen LogP contribution in [0.25, 0.3) is 0 Å². The maximum absolute atomic E-state index is 12.3. The van der Waals surface area contributed by atoms with E-state index in [4.69, 9.17) is 13.9 Å². The van der Waals surface area contributed by atoms with Gasteiger partial charge in [0, 0.05) is 5.69 Å². The number of furan rings is 1. The van der Waals surface area contributed by atoms with Crippen LogP contribution in [0.2, 0.25) is 0 Å². The molecule has 0 fully saturated rings. The topological polar surface area (TPSA) is 107 Å². The lowest BCUT2D eigenvalue weighted by Crippen LogP contribution is -2.21. The van der Waals surface area contributed by atoms with Crippen molar-refractivity contribution in [3.8, 4) is 11.5 Å². The Morgan fingerprint density at radius 3 is 2.24 bits per heavy atom. The summed E-state index contributed by atoms with van der Waals surface area (Å²) in [6, 6.07) is 25.3. The van der Waals surface area contributed by atoms with Gasteiger partial charge in [-0.1, -0.05) is 30.3 Å². The molecular weight excluding hydrogens is 436 g/mol. The highest BCUT2D eigenvalue weighted by atomic mass is 16.5. The van der Waals surface area contributed by atoms with Gasteiger partial charge in [0.1, 0.15) is 5.75 Å². The van der Waals surface area contributed by atoms with Crippen molar-refractivity contribution in [1.82, 2.24) is 0 Å². The third-order valence-corrected chi connectivity index (χ3v) is 4.59. The van der Waals surface area contributed by atoms with E-state index in [-0.39, 0.29) is 11.3 Å². The SMILES string of the molecule is O=C(COC(=O)c1ccc(NC(=O)c2ccco2)cc1)Nc1ccccc1Oc1ccccc1. The van der Waals surface area contributed by atoms with Crippen LogP contribution in [0.3, 0.4) is 0 Å². The van der Waals surface area contributed by atoms with E-state index in [0.29, 0.717) is 22.9 Å². The summed E-state index contributed by atoms with van der Waals surface area (Å²) in [6.07, 6.45) is 1.40. The molecule has 0 aliphatic carbocycles. The van der Waals surface area contributed by atoms with Gasteiger partial charge in [0.05, 0.1) is 17.5 Å². The molecule has 0 bridgehead atoms. The second-order valence-corrected chi connectivity index (χ2v) is 7.04. The maximum Gasteiger partial charge on any atom is 0.338 e. The number of amides is 2. The minimum Gasteiger partial charge on any atom is -0.459 e. The molecule has 0 radical (unpaired) electrons. The highest BCUT2D eigenvalue weighted by molar-refractivity contribution is 6.02.